The summed E-state index contributed by atoms with van der Waals surface area (Å²) < 4.78 is 6.68. The molecule has 0 saturated heterocycles. The van der Waals surface area contributed by atoms with Gasteiger partial charge in [-0.25, -0.2) is 4.79 Å². The Hall–Kier alpha value is -4.40. The van der Waals surface area contributed by atoms with Crippen LogP contribution < -0.4 is 10.6 Å². The standard InChI is InChI=1S/C25H24N4O5/c1-16(24(32)28-17-12-27-29(13-17)14-23(30)31)10-11-26-25(33)34-15-22-20-8-4-2-6-18(20)19-7-3-5-9-21(19)22/h2-10,12-13,22H,11,14-15H2,1H3,(H,26,33)(H,28,32)(H,30,31)/b16-10+. The van der Waals surface area contributed by atoms with Crippen molar-refractivity contribution in [3.8, 4) is 11.1 Å². The molecule has 9 nitrogen and oxygen atoms in total. The lowest BCUT2D eigenvalue weighted by Crippen LogP contribution is -2.26. The SMILES string of the molecule is C/C(=C\CNC(=O)OCC1c2ccccc2-c2ccccc21)C(=O)Nc1cnn(CC(=O)O)c1. The summed E-state index contributed by atoms with van der Waals surface area (Å²) in [5.41, 5.74) is 5.34. The zero-order valence-electron chi connectivity index (χ0n) is 18.5. The maximum Gasteiger partial charge on any atom is 0.407 e. The van der Waals surface area contributed by atoms with E-state index in [4.69, 9.17) is 9.84 Å². The first-order chi connectivity index (χ1) is 16.4. The highest BCUT2D eigenvalue weighted by Crippen LogP contribution is 2.44. The molecule has 2 amide bonds. The number of hydrogen-bond donors (Lipinski definition) is 3. The molecule has 34 heavy (non-hydrogen) atoms. The van der Waals surface area contributed by atoms with Crippen molar-refractivity contribution in [1.82, 2.24) is 15.1 Å². The molecule has 0 fully saturated rings. The third-order valence-corrected chi connectivity index (χ3v) is 5.54. The van der Waals surface area contributed by atoms with Crippen LogP contribution in [0.1, 0.15) is 24.0 Å². The lowest BCUT2D eigenvalue weighted by Gasteiger charge is -2.14. The lowest BCUT2D eigenvalue weighted by atomic mass is 9.98. The minimum Gasteiger partial charge on any atom is -0.480 e. The first-order valence-corrected chi connectivity index (χ1v) is 10.7. The number of rotatable bonds is 8. The van der Waals surface area contributed by atoms with Crippen LogP contribution in [0.2, 0.25) is 0 Å². The fraction of sp³-hybridized carbons (Fsp3) is 0.200. The Morgan fingerprint density at radius 1 is 1.09 bits per heavy atom. The number of benzene rings is 2. The van der Waals surface area contributed by atoms with E-state index in [9.17, 15) is 14.4 Å². The monoisotopic (exact) mass is 460 g/mol. The van der Waals surface area contributed by atoms with E-state index in [1.807, 2.05) is 24.3 Å². The Morgan fingerprint density at radius 2 is 1.74 bits per heavy atom. The average Bonchev–Trinajstić information content (AvgIpc) is 3.39. The van der Waals surface area contributed by atoms with Gasteiger partial charge in [-0.05, 0) is 29.2 Å². The summed E-state index contributed by atoms with van der Waals surface area (Å²) >= 11 is 0. The number of nitrogens with zero attached hydrogens (tertiary/aromatic N) is 2. The molecule has 9 heteroatoms. The van der Waals surface area contributed by atoms with E-state index in [0.717, 1.165) is 22.3 Å². The van der Waals surface area contributed by atoms with E-state index in [1.165, 1.54) is 17.1 Å². The Morgan fingerprint density at radius 3 is 2.38 bits per heavy atom. The number of carbonyl (C=O) groups excluding carboxylic acids is 2. The van der Waals surface area contributed by atoms with Crippen LogP contribution in [0.3, 0.4) is 0 Å². The van der Waals surface area contributed by atoms with Crippen LogP contribution in [0.4, 0.5) is 10.5 Å². The van der Waals surface area contributed by atoms with Gasteiger partial charge in [0, 0.05) is 24.2 Å². The van der Waals surface area contributed by atoms with Gasteiger partial charge in [-0.3, -0.25) is 14.3 Å². The summed E-state index contributed by atoms with van der Waals surface area (Å²) in [6.45, 7) is 1.64. The molecule has 1 aromatic heterocycles. The van der Waals surface area contributed by atoms with Crippen LogP contribution >= 0.6 is 0 Å². The molecule has 0 spiro atoms. The van der Waals surface area contributed by atoms with Crippen LogP contribution in [0, 0.1) is 0 Å². The molecular formula is C25H24N4O5. The number of alkyl carbamates (subject to hydrolysis) is 1. The second kappa shape index (κ2) is 10.0. The summed E-state index contributed by atoms with van der Waals surface area (Å²) in [6.07, 6.45) is 3.79. The van der Waals surface area contributed by atoms with Gasteiger partial charge in [-0.15, -0.1) is 0 Å². The van der Waals surface area contributed by atoms with Gasteiger partial charge < -0.3 is 20.5 Å². The minimum atomic E-state index is -1.03. The molecule has 1 heterocycles. The molecule has 174 valence electrons. The van der Waals surface area contributed by atoms with Crippen LogP contribution in [0.5, 0.6) is 0 Å². The van der Waals surface area contributed by atoms with E-state index < -0.39 is 12.1 Å². The molecule has 0 atom stereocenters. The van der Waals surface area contributed by atoms with Crippen molar-refractivity contribution in [2.24, 2.45) is 0 Å². The fourth-order valence-electron chi connectivity index (χ4n) is 3.91. The highest BCUT2D eigenvalue weighted by atomic mass is 16.5. The number of nitrogens with one attached hydrogen (secondary N) is 2. The second-order valence-electron chi connectivity index (χ2n) is 7.87. The van der Waals surface area contributed by atoms with Gasteiger partial charge in [0.25, 0.3) is 5.91 Å². The van der Waals surface area contributed by atoms with E-state index >= 15 is 0 Å². The largest absolute Gasteiger partial charge is 0.480 e. The normalized spacial score (nSPS) is 12.6. The first-order valence-electron chi connectivity index (χ1n) is 10.7. The number of hydrogen-bond acceptors (Lipinski definition) is 5. The fourth-order valence-corrected chi connectivity index (χ4v) is 3.91. The van der Waals surface area contributed by atoms with Crippen molar-refractivity contribution < 1.29 is 24.2 Å². The van der Waals surface area contributed by atoms with Crippen LogP contribution in [-0.4, -0.2) is 46.0 Å². The maximum absolute atomic E-state index is 12.3. The van der Waals surface area contributed by atoms with E-state index in [-0.39, 0.29) is 31.5 Å². The number of carboxylic acid groups (broad SMARTS) is 1. The molecule has 1 aliphatic rings. The number of fused-ring (bicyclic) bond motifs is 3. The molecule has 4 rings (SSSR count). The van der Waals surface area contributed by atoms with Crippen LogP contribution in [0.15, 0.2) is 72.6 Å². The van der Waals surface area contributed by atoms with Crippen molar-refractivity contribution in [3.63, 3.8) is 0 Å². The molecule has 0 radical (unpaired) electrons. The molecular weight excluding hydrogens is 436 g/mol. The molecule has 3 N–H and O–H groups in total. The van der Waals surface area contributed by atoms with Crippen molar-refractivity contribution in [2.75, 3.05) is 18.5 Å². The van der Waals surface area contributed by atoms with E-state index in [0.29, 0.717) is 11.3 Å². The van der Waals surface area contributed by atoms with Gasteiger partial charge in [-0.2, -0.15) is 5.10 Å². The third kappa shape index (κ3) is 5.15. The predicted octanol–water partition coefficient (Wildman–Crippen LogP) is 3.39. The van der Waals surface area contributed by atoms with Gasteiger partial charge in [-0.1, -0.05) is 54.6 Å². The number of anilines is 1. The molecule has 0 aliphatic heterocycles. The van der Waals surface area contributed by atoms with Crippen molar-refractivity contribution in [3.05, 3.63) is 83.7 Å². The van der Waals surface area contributed by atoms with Gasteiger partial charge >= 0.3 is 12.1 Å². The van der Waals surface area contributed by atoms with Crippen molar-refractivity contribution >= 4 is 23.7 Å². The molecule has 0 bridgehead atoms. The number of aromatic nitrogens is 2. The highest BCUT2D eigenvalue weighted by Gasteiger charge is 2.28. The van der Waals surface area contributed by atoms with Crippen LogP contribution in [-0.2, 0) is 20.9 Å². The number of amides is 2. The summed E-state index contributed by atoms with van der Waals surface area (Å²) in [7, 11) is 0. The summed E-state index contributed by atoms with van der Waals surface area (Å²) in [5.74, 6) is -1.44. The topological polar surface area (TPSA) is 123 Å². The highest BCUT2D eigenvalue weighted by molar-refractivity contribution is 6.03. The second-order valence-corrected chi connectivity index (χ2v) is 7.87. The smallest absolute Gasteiger partial charge is 0.407 e. The zero-order chi connectivity index (χ0) is 24.1. The van der Waals surface area contributed by atoms with Gasteiger partial charge in [0.1, 0.15) is 13.2 Å². The summed E-state index contributed by atoms with van der Waals surface area (Å²) in [6, 6.07) is 16.2. The number of ether oxygens (including phenoxy) is 1. The molecule has 0 saturated carbocycles. The predicted molar refractivity (Wildman–Crippen MR) is 125 cm³/mol. The molecule has 0 unspecified atom stereocenters. The molecule has 1 aliphatic carbocycles. The quantitative estimate of drug-likeness (QED) is 0.443. The van der Waals surface area contributed by atoms with E-state index in [2.05, 4.69) is 40.0 Å². The van der Waals surface area contributed by atoms with Crippen LogP contribution in [0.25, 0.3) is 11.1 Å². The van der Waals surface area contributed by atoms with Crippen molar-refractivity contribution in [2.45, 2.75) is 19.4 Å². The number of aliphatic carboxylic acids is 1. The molecule has 3 aromatic rings. The van der Waals surface area contributed by atoms with Crippen molar-refractivity contribution in [1.29, 1.82) is 0 Å². The Kier molecular flexibility index (Phi) is 6.72. The zero-order valence-corrected chi connectivity index (χ0v) is 18.5. The Balaban J connectivity index is 1.27. The summed E-state index contributed by atoms with van der Waals surface area (Å²) in [4.78, 5) is 35.2. The number of carboxylic acids is 1. The Labute approximate surface area is 196 Å². The third-order valence-electron chi connectivity index (χ3n) is 5.54. The molecule has 2 aromatic carbocycles. The maximum atomic E-state index is 12.3. The Bertz CT molecular complexity index is 1220. The summed E-state index contributed by atoms with van der Waals surface area (Å²) in [5, 5.41) is 17.9. The first kappa shape index (κ1) is 22.8. The minimum absolute atomic E-state index is 0.0248. The van der Waals surface area contributed by atoms with Gasteiger partial charge in [0.05, 0.1) is 11.9 Å². The average molecular weight is 460 g/mol. The van der Waals surface area contributed by atoms with E-state index in [1.54, 1.807) is 13.0 Å². The lowest BCUT2D eigenvalue weighted by molar-refractivity contribution is -0.137. The van der Waals surface area contributed by atoms with Gasteiger partial charge in [0.15, 0.2) is 0 Å². The number of carbonyl (C=O) groups is 3. The van der Waals surface area contributed by atoms with Gasteiger partial charge in [0.2, 0.25) is 0 Å².